The molecule has 3 heteroatoms. The molecule has 0 aliphatic rings. The molecule has 0 spiro atoms. The minimum Gasteiger partial charge on any atom is -0.496 e. The molecular weight excluding hydrogens is 207 g/mol. The molecule has 1 unspecified atom stereocenters. The summed E-state index contributed by atoms with van der Waals surface area (Å²) in [5.74, 6) is 0.881. The van der Waals surface area contributed by atoms with Crippen LogP contribution in [-0.4, -0.2) is 18.8 Å². The molecule has 0 saturated carbocycles. The van der Waals surface area contributed by atoms with Gasteiger partial charge in [0.2, 0.25) is 0 Å². The van der Waals surface area contributed by atoms with Gasteiger partial charge in [-0.15, -0.1) is 0 Å². The number of rotatable bonds is 5. The van der Waals surface area contributed by atoms with Gasteiger partial charge in [-0.1, -0.05) is 13.8 Å². The minimum absolute atomic E-state index is 0.0997. The largest absolute Gasteiger partial charge is 0.496 e. The summed E-state index contributed by atoms with van der Waals surface area (Å²) in [6.45, 7) is 4.22. The lowest BCUT2D eigenvalue weighted by molar-refractivity contribution is 0.259. The fraction of sp³-hybridized carbons (Fsp3) is 0.538. The van der Waals surface area contributed by atoms with Crippen molar-refractivity contribution in [2.75, 3.05) is 13.7 Å². The first-order chi connectivity index (χ1) is 7.60. The van der Waals surface area contributed by atoms with Gasteiger partial charge in [0.15, 0.2) is 0 Å². The first kappa shape index (κ1) is 13.0. The third-order valence-corrected chi connectivity index (χ3v) is 2.84. The van der Waals surface area contributed by atoms with Crippen LogP contribution in [0.5, 0.6) is 5.75 Å². The number of ether oxygens (including phenoxy) is 1. The van der Waals surface area contributed by atoms with Crippen molar-refractivity contribution in [1.29, 1.82) is 0 Å². The number of halogens is 1. The quantitative estimate of drug-likeness (QED) is 0.836. The molecule has 0 aliphatic heterocycles. The lowest BCUT2D eigenvalue weighted by atomic mass is 9.85. The monoisotopic (exact) mass is 226 g/mol. The predicted octanol–water partition coefficient (Wildman–Crippen LogP) is 2.96. The standard InChI is InChI=1S/C13H19FO2/c1-9(2)11(6-7-15)12-8-10(14)4-5-13(12)16-3/h4-5,8-9,11,15H,6-7H2,1-3H3. The summed E-state index contributed by atoms with van der Waals surface area (Å²) in [5, 5.41) is 9.05. The van der Waals surface area contributed by atoms with Crippen LogP contribution in [0.4, 0.5) is 4.39 Å². The smallest absolute Gasteiger partial charge is 0.123 e. The molecule has 90 valence electrons. The van der Waals surface area contributed by atoms with Crippen molar-refractivity contribution in [2.24, 2.45) is 5.92 Å². The maximum atomic E-state index is 13.2. The molecule has 0 radical (unpaired) electrons. The van der Waals surface area contributed by atoms with E-state index in [2.05, 4.69) is 13.8 Å². The Bertz CT molecular complexity index is 337. The molecule has 0 aliphatic carbocycles. The molecule has 0 aromatic heterocycles. The van der Waals surface area contributed by atoms with Crippen LogP contribution < -0.4 is 4.74 Å². The number of aliphatic hydroxyl groups excluding tert-OH is 1. The Balaban J connectivity index is 3.10. The van der Waals surface area contributed by atoms with E-state index >= 15 is 0 Å². The number of methoxy groups -OCH3 is 1. The first-order valence-corrected chi connectivity index (χ1v) is 5.54. The molecule has 1 aromatic rings. The zero-order chi connectivity index (χ0) is 12.1. The number of hydrogen-bond donors (Lipinski definition) is 1. The van der Waals surface area contributed by atoms with E-state index in [1.54, 1.807) is 13.2 Å². The number of aliphatic hydroxyl groups is 1. The summed E-state index contributed by atoms with van der Waals surface area (Å²) in [6.07, 6.45) is 0.622. The summed E-state index contributed by atoms with van der Waals surface area (Å²) in [7, 11) is 1.58. The second kappa shape index (κ2) is 5.85. The van der Waals surface area contributed by atoms with Gasteiger partial charge in [-0.3, -0.25) is 0 Å². The van der Waals surface area contributed by atoms with Crippen LogP contribution >= 0.6 is 0 Å². The second-order valence-corrected chi connectivity index (χ2v) is 4.25. The molecule has 0 heterocycles. The lowest BCUT2D eigenvalue weighted by Crippen LogP contribution is -2.10. The summed E-state index contributed by atoms with van der Waals surface area (Å²) >= 11 is 0. The van der Waals surface area contributed by atoms with Gasteiger partial charge < -0.3 is 9.84 Å². The second-order valence-electron chi connectivity index (χ2n) is 4.25. The summed E-state index contributed by atoms with van der Waals surface area (Å²) in [5.41, 5.74) is 0.839. The fourth-order valence-corrected chi connectivity index (χ4v) is 1.98. The van der Waals surface area contributed by atoms with Crippen molar-refractivity contribution in [3.05, 3.63) is 29.6 Å². The SMILES string of the molecule is COc1ccc(F)cc1C(CCO)C(C)C. The third kappa shape index (κ3) is 2.95. The zero-order valence-corrected chi connectivity index (χ0v) is 10.0. The molecule has 2 nitrogen and oxygen atoms in total. The van der Waals surface area contributed by atoms with E-state index in [-0.39, 0.29) is 18.3 Å². The van der Waals surface area contributed by atoms with E-state index in [0.29, 0.717) is 18.1 Å². The van der Waals surface area contributed by atoms with E-state index in [9.17, 15) is 4.39 Å². The lowest BCUT2D eigenvalue weighted by Gasteiger charge is -2.22. The molecular formula is C13H19FO2. The summed E-state index contributed by atoms with van der Waals surface area (Å²) in [4.78, 5) is 0. The Morgan fingerprint density at radius 2 is 2.06 bits per heavy atom. The Morgan fingerprint density at radius 1 is 1.38 bits per heavy atom. The third-order valence-electron chi connectivity index (χ3n) is 2.84. The predicted molar refractivity (Wildman–Crippen MR) is 62.2 cm³/mol. The van der Waals surface area contributed by atoms with Gasteiger partial charge in [0, 0.05) is 12.2 Å². The molecule has 16 heavy (non-hydrogen) atoms. The van der Waals surface area contributed by atoms with Gasteiger partial charge >= 0.3 is 0 Å². The Hall–Kier alpha value is -1.09. The van der Waals surface area contributed by atoms with Crippen LogP contribution in [0.3, 0.4) is 0 Å². The summed E-state index contributed by atoms with van der Waals surface area (Å²) in [6, 6.07) is 4.52. The van der Waals surface area contributed by atoms with Crippen molar-refractivity contribution in [3.63, 3.8) is 0 Å². The normalized spacial score (nSPS) is 12.9. The zero-order valence-electron chi connectivity index (χ0n) is 10.0. The van der Waals surface area contributed by atoms with Gasteiger partial charge in [0.05, 0.1) is 7.11 Å². The van der Waals surface area contributed by atoms with Crippen molar-refractivity contribution in [1.82, 2.24) is 0 Å². The van der Waals surface area contributed by atoms with Crippen LogP contribution in [0.15, 0.2) is 18.2 Å². The first-order valence-electron chi connectivity index (χ1n) is 5.54. The van der Waals surface area contributed by atoms with Gasteiger partial charge in [-0.2, -0.15) is 0 Å². The Kier molecular flexibility index (Phi) is 4.74. The molecule has 1 N–H and O–H groups in total. The Morgan fingerprint density at radius 3 is 2.56 bits per heavy atom. The van der Waals surface area contributed by atoms with Crippen molar-refractivity contribution in [2.45, 2.75) is 26.2 Å². The van der Waals surface area contributed by atoms with Crippen LogP contribution in [0.25, 0.3) is 0 Å². The highest BCUT2D eigenvalue weighted by molar-refractivity contribution is 5.37. The Labute approximate surface area is 96.1 Å². The molecule has 1 atom stereocenters. The van der Waals surface area contributed by atoms with Crippen molar-refractivity contribution >= 4 is 0 Å². The highest BCUT2D eigenvalue weighted by Crippen LogP contribution is 2.34. The van der Waals surface area contributed by atoms with Crippen molar-refractivity contribution < 1.29 is 14.2 Å². The average molecular weight is 226 g/mol. The van der Waals surface area contributed by atoms with E-state index in [1.165, 1.54) is 12.1 Å². The van der Waals surface area contributed by atoms with Gasteiger partial charge in [0.25, 0.3) is 0 Å². The minimum atomic E-state index is -0.264. The van der Waals surface area contributed by atoms with Crippen LogP contribution in [0, 0.1) is 11.7 Å². The maximum Gasteiger partial charge on any atom is 0.123 e. The molecule has 1 aromatic carbocycles. The number of benzene rings is 1. The van der Waals surface area contributed by atoms with E-state index in [4.69, 9.17) is 9.84 Å². The molecule has 0 saturated heterocycles. The average Bonchev–Trinajstić information content (AvgIpc) is 2.25. The van der Waals surface area contributed by atoms with Crippen LogP contribution in [-0.2, 0) is 0 Å². The van der Waals surface area contributed by atoms with Crippen molar-refractivity contribution in [3.8, 4) is 5.75 Å². The molecule has 0 fully saturated rings. The maximum absolute atomic E-state index is 13.2. The fourth-order valence-electron chi connectivity index (χ4n) is 1.98. The topological polar surface area (TPSA) is 29.5 Å². The highest BCUT2D eigenvalue weighted by atomic mass is 19.1. The number of hydrogen-bond acceptors (Lipinski definition) is 2. The van der Waals surface area contributed by atoms with Gasteiger partial charge in [0.1, 0.15) is 11.6 Å². The highest BCUT2D eigenvalue weighted by Gasteiger charge is 2.19. The van der Waals surface area contributed by atoms with Gasteiger partial charge in [-0.25, -0.2) is 4.39 Å². The van der Waals surface area contributed by atoms with E-state index in [1.807, 2.05) is 0 Å². The van der Waals surface area contributed by atoms with Gasteiger partial charge in [-0.05, 0) is 36.5 Å². The molecule has 0 bridgehead atoms. The van der Waals surface area contributed by atoms with E-state index in [0.717, 1.165) is 5.56 Å². The van der Waals surface area contributed by atoms with E-state index < -0.39 is 0 Å². The van der Waals surface area contributed by atoms with Crippen LogP contribution in [0.2, 0.25) is 0 Å². The van der Waals surface area contributed by atoms with Crippen LogP contribution in [0.1, 0.15) is 31.7 Å². The molecule has 0 amide bonds. The molecule has 1 rings (SSSR count). The summed E-state index contributed by atoms with van der Waals surface area (Å²) < 4.78 is 18.5.